The molecule has 0 radical (unpaired) electrons. The van der Waals surface area contributed by atoms with Crippen molar-refractivity contribution in [3.8, 4) is 0 Å². The van der Waals surface area contributed by atoms with Gasteiger partial charge in [0.25, 0.3) is 5.91 Å². The second-order valence-electron chi connectivity index (χ2n) is 7.81. The smallest absolute Gasteiger partial charge is 0.383 e. The highest BCUT2D eigenvalue weighted by Crippen LogP contribution is 2.32. The van der Waals surface area contributed by atoms with E-state index in [4.69, 9.17) is 4.74 Å². The molecular weight excluding hydrogens is 393 g/mol. The number of nitrogens with zero attached hydrogens (tertiary/aromatic N) is 2. The number of amides is 1. The average Bonchev–Trinajstić information content (AvgIpc) is 3.20. The van der Waals surface area contributed by atoms with Gasteiger partial charge in [0, 0.05) is 32.3 Å². The number of carbonyl (C=O) groups is 1. The van der Waals surface area contributed by atoms with Crippen LogP contribution in [0.4, 0.5) is 13.2 Å². The molecule has 1 amide bonds. The number of ether oxygens (including phenoxy) is 1. The zero-order valence-corrected chi connectivity index (χ0v) is 17.2. The monoisotopic (exact) mass is 420 g/mol. The molecule has 0 spiro atoms. The SMILES string of the molecule is COC[C@@H](c1cccc(C(F)(F)F)c1)N(C)C[C@H]1CCN(C(=O)c2ccccc2)C1. The Bertz CT molecular complexity index is 842. The largest absolute Gasteiger partial charge is 0.416 e. The van der Waals surface area contributed by atoms with Crippen LogP contribution in [0.1, 0.15) is 33.9 Å². The van der Waals surface area contributed by atoms with Crippen LogP contribution in [0.2, 0.25) is 0 Å². The van der Waals surface area contributed by atoms with Crippen molar-refractivity contribution >= 4 is 5.91 Å². The molecule has 1 aliphatic rings. The van der Waals surface area contributed by atoms with Crippen molar-refractivity contribution in [3.63, 3.8) is 0 Å². The van der Waals surface area contributed by atoms with Gasteiger partial charge in [0.15, 0.2) is 0 Å². The van der Waals surface area contributed by atoms with Crippen LogP contribution in [-0.2, 0) is 10.9 Å². The van der Waals surface area contributed by atoms with Crippen molar-refractivity contribution in [1.29, 1.82) is 0 Å². The molecule has 0 N–H and O–H groups in total. The normalized spacial score (nSPS) is 18.1. The molecule has 3 rings (SSSR count). The summed E-state index contributed by atoms with van der Waals surface area (Å²) < 4.78 is 44.7. The fourth-order valence-electron chi connectivity index (χ4n) is 4.02. The molecule has 2 aromatic rings. The van der Waals surface area contributed by atoms with Gasteiger partial charge in [0.05, 0.1) is 18.2 Å². The van der Waals surface area contributed by atoms with Crippen molar-refractivity contribution in [3.05, 3.63) is 71.3 Å². The third-order valence-corrected chi connectivity index (χ3v) is 5.60. The summed E-state index contributed by atoms with van der Waals surface area (Å²) in [5.41, 5.74) is 0.590. The Morgan fingerprint density at radius 1 is 1.20 bits per heavy atom. The van der Waals surface area contributed by atoms with Crippen molar-refractivity contribution in [1.82, 2.24) is 9.80 Å². The van der Waals surface area contributed by atoms with Gasteiger partial charge in [-0.2, -0.15) is 13.2 Å². The van der Waals surface area contributed by atoms with Gasteiger partial charge in [-0.25, -0.2) is 0 Å². The first-order chi connectivity index (χ1) is 14.3. The third kappa shape index (κ3) is 5.40. The van der Waals surface area contributed by atoms with Crippen LogP contribution in [-0.4, -0.2) is 56.1 Å². The fourth-order valence-corrected chi connectivity index (χ4v) is 4.02. The van der Waals surface area contributed by atoms with Gasteiger partial charge >= 0.3 is 6.18 Å². The molecule has 4 nitrogen and oxygen atoms in total. The highest BCUT2D eigenvalue weighted by molar-refractivity contribution is 5.94. The summed E-state index contributed by atoms with van der Waals surface area (Å²) in [5.74, 6) is 0.278. The number of hydrogen-bond acceptors (Lipinski definition) is 3. The number of benzene rings is 2. The Hall–Kier alpha value is -2.38. The molecule has 0 bridgehead atoms. The Morgan fingerprint density at radius 2 is 1.93 bits per heavy atom. The van der Waals surface area contributed by atoms with Crippen LogP contribution >= 0.6 is 0 Å². The van der Waals surface area contributed by atoms with Gasteiger partial charge in [-0.1, -0.05) is 30.3 Å². The molecule has 1 fully saturated rings. The molecule has 0 unspecified atom stereocenters. The summed E-state index contributed by atoms with van der Waals surface area (Å²) in [6.07, 6.45) is -3.51. The number of rotatable bonds is 7. The molecule has 0 saturated carbocycles. The Balaban J connectivity index is 1.66. The number of likely N-dealkylation sites (tertiary alicyclic amines) is 1. The zero-order chi connectivity index (χ0) is 21.7. The number of halogens is 3. The minimum Gasteiger partial charge on any atom is -0.383 e. The van der Waals surface area contributed by atoms with E-state index in [0.29, 0.717) is 30.8 Å². The summed E-state index contributed by atoms with van der Waals surface area (Å²) in [6, 6.07) is 14.3. The molecule has 1 heterocycles. The van der Waals surface area contributed by atoms with E-state index in [9.17, 15) is 18.0 Å². The molecule has 7 heteroatoms. The summed E-state index contributed by atoms with van der Waals surface area (Å²) in [4.78, 5) is 16.5. The number of alkyl halides is 3. The topological polar surface area (TPSA) is 32.8 Å². The van der Waals surface area contributed by atoms with E-state index in [0.717, 1.165) is 12.5 Å². The highest BCUT2D eigenvalue weighted by Gasteiger charge is 2.32. The molecule has 2 atom stereocenters. The quantitative estimate of drug-likeness (QED) is 0.662. The molecule has 0 aliphatic carbocycles. The Kier molecular flexibility index (Phi) is 7.15. The second-order valence-corrected chi connectivity index (χ2v) is 7.81. The minimum absolute atomic E-state index is 0.0204. The van der Waals surface area contributed by atoms with Crippen molar-refractivity contribution < 1.29 is 22.7 Å². The lowest BCUT2D eigenvalue weighted by Crippen LogP contribution is -2.35. The first-order valence-electron chi connectivity index (χ1n) is 10.00. The molecule has 30 heavy (non-hydrogen) atoms. The van der Waals surface area contributed by atoms with Crippen molar-refractivity contribution in [2.75, 3.05) is 40.4 Å². The molecule has 2 aromatic carbocycles. The summed E-state index contributed by atoms with van der Waals surface area (Å²) in [5, 5.41) is 0. The van der Waals surface area contributed by atoms with E-state index in [2.05, 4.69) is 0 Å². The van der Waals surface area contributed by atoms with Gasteiger partial charge in [0.1, 0.15) is 0 Å². The lowest BCUT2D eigenvalue weighted by molar-refractivity contribution is -0.137. The Labute approximate surface area is 175 Å². The summed E-state index contributed by atoms with van der Waals surface area (Å²) >= 11 is 0. The number of methoxy groups -OCH3 is 1. The molecule has 1 aliphatic heterocycles. The van der Waals surface area contributed by atoms with Crippen LogP contribution < -0.4 is 0 Å². The van der Waals surface area contributed by atoms with Crippen LogP contribution in [0, 0.1) is 5.92 Å². The van der Waals surface area contributed by atoms with Gasteiger partial charge in [-0.3, -0.25) is 9.69 Å². The van der Waals surface area contributed by atoms with E-state index in [1.165, 1.54) is 12.1 Å². The predicted octanol–water partition coefficient (Wildman–Crippen LogP) is 4.49. The van der Waals surface area contributed by atoms with Crippen LogP contribution in [0.15, 0.2) is 54.6 Å². The first-order valence-corrected chi connectivity index (χ1v) is 10.00. The lowest BCUT2D eigenvalue weighted by atomic mass is 10.0. The van der Waals surface area contributed by atoms with Gasteiger partial charge in [-0.15, -0.1) is 0 Å². The minimum atomic E-state index is -4.38. The standard InChI is InChI=1S/C23H27F3N2O2/c1-27(21(16-30-2)19-9-6-10-20(13-19)23(24,25)26)14-17-11-12-28(15-17)22(29)18-7-4-3-5-8-18/h3-10,13,17,21H,11-12,14-16H2,1-2H3/t17-,21+/m1/s1. The van der Waals surface area contributed by atoms with Crippen LogP contribution in [0.25, 0.3) is 0 Å². The molecule has 1 saturated heterocycles. The maximum Gasteiger partial charge on any atom is 0.416 e. The van der Waals surface area contributed by atoms with E-state index in [-0.39, 0.29) is 24.5 Å². The van der Waals surface area contributed by atoms with Crippen LogP contribution in [0.5, 0.6) is 0 Å². The zero-order valence-electron chi connectivity index (χ0n) is 17.2. The number of carbonyl (C=O) groups excluding carboxylic acids is 1. The fraction of sp³-hybridized carbons (Fsp3) is 0.435. The predicted molar refractivity (Wildman–Crippen MR) is 109 cm³/mol. The first kappa shape index (κ1) is 22.3. The van der Waals surface area contributed by atoms with Gasteiger partial charge < -0.3 is 9.64 Å². The number of hydrogen-bond donors (Lipinski definition) is 0. The second kappa shape index (κ2) is 9.62. The average molecular weight is 420 g/mol. The molecule has 0 aromatic heterocycles. The van der Waals surface area contributed by atoms with Gasteiger partial charge in [0.2, 0.25) is 0 Å². The lowest BCUT2D eigenvalue weighted by Gasteiger charge is -2.30. The van der Waals surface area contributed by atoms with Gasteiger partial charge in [-0.05, 0) is 49.2 Å². The van der Waals surface area contributed by atoms with Crippen molar-refractivity contribution in [2.24, 2.45) is 5.92 Å². The molecular formula is C23H27F3N2O2. The maximum absolute atomic E-state index is 13.1. The van der Waals surface area contributed by atoms with Crippen LogP contribution in [0.3, 0.4) is 0 Å². The van der Waals surface area contributed by atoms with E-state index in [1.54, 1.807) is 13.2 Å². The maximum atomic E-state index is 13.1. The third-order valence-electron chi connectivity index (χ3n) is 5.60. The van der Waals surface area contributed by atoms with E-state index >= 15 is 0 Å². The molecule has 162 valence electrons. The van der Waals surface area contributed by atoms with E-state index in [1.807, 2.05) is 47.2 Å². The Morgan fingerprint density at radius 3 is 2.60 bits per heavy atom. The van der Waals surface area contributed by atoms with Crippen molar-refractivity contribution in [2.45, 2.75) is 18.6 Å². The highest BCUT2D eigenvalue weighted by atomic mass is 19.4. The summed E-state index contributed by atoms with van der Waals surface area (Å²) in [6.45, 7) is 2.28. The van der Waals surface area contributed by atoms with E-state index < -0.39 is 11.7 Å². The number of likely N-dealkylation sites (N-methyl/N-ethyl adjacent to an activating group) is 1. The summed E-state index contributed by atoms with van der Waals surface area (Å²) in [7, 11) is 3.44.